The molecule has 0 amide bonds. The van der Waals surface area contributed by atoms with Gasteiger partial charge in [0.2, 0.25) is 0 Å². The van der Waals surface area contributed by atoms with Crippen molar-refractivity contribution in [2.45, 2.75) is 45.1 Å². The van der Waals surface area contributed by atoms with Gasteiger partial charge < -0.3 is 24.4 Å². The molecule has 0 aromatic heterocycles. The van der Waals surface area contributed by atoms with Crippen molar-refractivity contribution in [3.05, 3.63) is 0 Å². The molecule has 10 nitrogen and oxygen atoms in total. The van der Waals surface area contributed by atoms with E-state index in [9.17, 15) is 29.1 Å². The van der Waals surface area contributed by atoms with E-state index in [2.05, 4.69) is 14.2 Å². The quantitative estimate of drug-likeness (QED) is 0.304. The molecule has 0 fully saturated rings. The Morgan fingerprint density at radius 2 is 1.41 bits per heavy atom. The second kappa shape index (κ2) is 8.72. The van der Waals surface area contributed by atoms with Gasteiger partial charge in [-0.1, -0.05) is 0 Å². The molecule has 0 heterocycles. The van der Waals surface area contributed by atoms with Gasteiger partial charge in [-0.3, -0.25) is 19.2 Å². The average Bonchev–Trinajstić information content (AvgIpc) is 2.60. The Bertz CT molecular complexity index is 511. The maximum Gasteiger partial charge on any atom is 0.336 e. The standard InChI is InChI=1S/C12H16O10/c1-5(14)20-8(4-13)10(21-6(2)15)11(22-7(3)16)9(17)12(18)19/h4,8-11,17H,1-3H3,(H,18,19)/t8-,9-,10+,11+/m0/s1/i1D,2D,3D. The van der Waals surface area contributed by atoms with Gasteiger partial charge in [-0.15, -0.1) is 0 Å². The van der Waals surface area contributed by atoms with Gasteiger partial charge in [0.25, 0.3) is 0 Å². The Morgan fingerprint density at radius 1 is 0.955 bits per heavy atom. The van der Waals surface area contributed by atoms with Crippen LogP contribution in [-0.4, -0.2) is 64.8 Å². The Labute approximate surface area is 129 Å². The number of aldehydes is 1. The number of hydrogen-bond donors (Lipinski definition) is 2. The molecule has 0 aliphatic carbocycles. The SMILES string of the molecule is [2H]CC(=O)O[C@@H]([C@H](OC(=O)C[2H])[C@H](O)C(=O)O)[C@H](C=O)OC(=O)C[2H]. The largest absolute Gasteiger partial charge is 0.479 e. The summed E-state index contributed by atoms with van der Waals surface area (Å²) in [5.74, 6) is -5.80. The number of aliphatic hydroxyl groups excluding tert-OH is 1. The van der Waals surface area contributed by atoms with Crippen molar-refractivity contribution >= 4 is 30.2 Å². The monoisotopic (exact) mass is 323 g/mol. The second-order valence-corrected chi connectivity index (χ2v) is 3.78. The van der Waals surface area contributed by atoms with Gasteiger partial charge in [-0.25, -0.2) is 4.79 Å². The highest BCUT2D eigenvalue weighted by atomic mass is 16.6. The van der Waals surface area contributed by atoms with Crippen LogP contribution in [0.1, 0.15) is 24.8 Å². The summed E-state index contributed by atoms with van der Waals surface area (Å²) in [5, 5.41) is 18.5. The number of carbonyl (C=O) groups is 5. The van der Waals surface area contributed by atoms with Crippen LogP contribution in [0, 0.1) is 0 Å². The van der Waals surface area contributed by atoms with Crippen LogP contribution in [-0.2, 0) is 38.2 Å². The van der Waals surface area contributed by atoms with E-state index in [0.717, 1.165) is 0 Å². The summed E-state index contributed by atoms with van der Waals surface area (Å²) in [5.41, 5.74) is 0. The van der Waals surface area contributed by atoms with E-state index in [-0.39, 0.29) is 6.29 Å². The molecule has 22 heavy (non-hydrogen) atoms. The first-order chi connectivity index (χ1) is 11.7. The van der Waals surface area contributed by atoms with Crippen LogP contribution in [0.4, 0.5) is 0 Å². The minimum Gasteiger partial charge on any atom is -0.479 e. The van der Waals surface area contributed by atoms with Crippen molar-refractivity contribution in [2.75, 3.05) is 0 Å². The Hall–Kier alpha value is -2.49. The number of ether oxygens (including phenoxy) is 3. The van der Waals surface area contributed by atoms with Crippen molar-refractivity contribution in [3.8, 4) is 0 Å². The topological polar surface area (TPSA) is 154 Å². The van der Waals surface area contributed by atoms with Crippen molar-refractivity contribution < 1.29 is 52.5 Å². The van der Waals surface area contributed by atoms with Crippen LogP contribution in [0.5, 0.6) is 0 Å². The van der Waals surface area contributed by atoms with E-state index in [4.69, 9.17) is 9.22 Å². The molecule has 0 rings (SSSR count). The molecule has 0 bridgehead atoms. The fourth-order valence-corrected chi connectivity index (χ4v) is 1.40. The number of carboxylic acid groups (broad SMARTS) is 1. The summed E-state index contributed by atoms with van der Waals surface area (Å²) in [6.07, 6.45) is -8.93. The van der Waals surface area contributed by atoms with Gasteiger partial charge >= 0.3 is 23.9 Å². The average molecular weight is 323 g/mol. The molecule has 10 heteroatoms. The lowest BCUT2D eigenvalue weighted by molar-refractivity contribution is -0.195. The number of carbonyl (C=O) groups excluding carboxylic acids is 4. The molecule has 0 saturated heterocycles. The van der Waals surface area contributed by atoms with E-state index < -0.39 is 69.0 Å². The lowest BCUT2D eigenvalue weighted by Crippen LogP contribution is -2.53. The number of esters is 3. The maximum absolute atomic E-state index is 11.3. The molecule has 0 unspecified atom stereocenters. The number of aliphatic carboxylic acids is 1. The van der Waals surface area contributed by atoms with Crippen molar-refractivity contribution in [2.24, 2.45) is 0 Å². The van der Waals surface area contributed by atoms with Crippen LogP contribution in [0.3, 0.4) is 0 Å². The predicted molar refractivity (Wildman–Crippen MR) is 66.4 cm³/mol. The molecular weight excluding hydrogens is 304 g/mol. The minimum atomic E-state index is -2.50. The summed E-state index contributed by atoms with van der Waals surface area (Å²) in [4.78, 5) is 55.9. The van der Waals surface area contributed by atoms with Gasteiger partial charge in [0.05, 0.1) is 0 Å². The van der Waals surface area contributed by atoms with Gasteiger partial charge in [0, 0.05) is 24.8 Å². The molecular formula is C12H16O10. The molecule has 0 spiro atoms. The van der Waals surface area contributed by atoms with Crippen molar-refractivity contribution in [3.63, 3.8) is 0 Å². The van der Waals surface area contributed by atoms with E-state index in [1.165, 1.54) is 0 Å². The fraction of sp³-hybridized carbons (Fsp3) is 0.583. The molecule has 0 radical (unpaired) electrons. The first-order valence-electron chi connectivity index (χ1n) is 7.66. The molecule has 0 aliphatic heterocycles. The molecule has 0 saturated carbocycles. The van der Waals surface area contributed by atoms with Crippen molar-refractivity contribution in [1.29, 1.82) is 0 Å². The fourth-order valence-electron chi connectivity index (χ4n) is 1.40. The second-order valence-electron chi connectivity index (χ2n) is 3.78. The Kier molecular flexibility index (Phi) is 5.73. The first kappa shape index (κ1) is 14.4. The third-order valence-corrected chi connectivity index (χ3v) is 2.15. The molecule has 0 aromatic carbocycles. The lowest BCUT2D eigenvalue weighted by Gasteiger charge is -2.30. The van der Waals surface area contributed by atoms with Crippen LogP contribution in [0.15, 0.2) is 0 Å². The minimum absolute atomic E-state index is 0.0917. The molecule has 0 aliphatic rings. The summed E-state index contributed by atoms with van der Waals surface area (Å²) < 4.78 is 34.2. The van der Waals surface area contributed by atoms with Crippen LogP contribution >= 0.6 is 0 Å². The normalized spacial score (nSPS) is 17.4. The predicted octanol–water partition coefficient (Wildman–Crippen LogP) is -1.57. The van der Waals surface area contributed by atoms with Gasteiger partial charge in [0.1, 0.15) is 0 Å². The highest BCUT2D eigenvalue weighted by Gasteiger charge is 2.43. The maximum atomic E-state index is 11.3. The van der Waals surface area contributed by atoms with Crippen LogP contribution in [0.25, 0.3) is 0 Å². The Balaban J connectivity index is 5.81. The molecule has 2 N–H and O–H groups in total. The zero-order valence-corrected chi connectivity index (χ0v) is 11.2. The van der Waals surface area contributed by atoms with Gasteiger partial charge in [-0.05, 0) is 0 Å². The van der Waals surface area contributed by atoms with E-state index >= 15 is 0 Å². The van der Waals surface area contributed by atoms with Crippen LogP contribution < -0.4 is 0 Å². The summed E-state index contributed by atoms with van der Waals surface area (Å²) in [6, 6.07) is 0. The molecule has 124 valence electrons. The van der Waals surface area contributed by atoms with E-state index in [1.54, 1.807) is 0 Å². The number of carboxylic acids is 1. The third kappa shape index (κ3) is 6.31. The van der Waals surface area contributed by atoms with Crippen LogP contribution in [0.2, 0.25) is 0 Å². The highest BCUT2D eigenvalue weighted by Crippen LogP contribution is 2.16. The highest BCUT2D eigenvalue weighted by molar-refractivity contribution is 5.76. The smallest absolute Gasteiger partial charge is 0.336 e. The van der Waals surface area contributed by atoms with E-state index in [1.807, 2.05) is 0 Å². The Morgan fingerprint density at radius 3 is 1.82 bits per heavy atom. The zero-order valence-electron chi connectivity index (χ0n) is 14.2. The molecule has 4 atom stereocenters. The van der Waals surface area contributed by atoms with Crippen molar-refractivity contribution in [1.82, 2.24) is 0 Å². The first-order valence-corrected chi connectivity index (χ1v) is 5.54. The summed E-state index contributed by atoms with van der Waals surface area (Å²) >= 11 is 0. The molecule has 0 aromatic rings. The lowest BCUT2D eigenvalue weighted by atomic mass is 10.0. The number of rotatable bonds is 8. The van der Waals surface area contributed by atoms with Gasteiger partial charge in [0.15, 0.2) is 30.7 Å². The zero-order chi connectivity index (χ0) is 19.6. The third-order valence-electron chi connectivity index (χ3n) is 2.15. The number of aliphatic hydroxyl groups is 1. The summed E-state index contributed by atoms with van der Waals surface area (Å²) in [7, 11) is 0. The summed E-state index contributed by atoms with van der Waals surface area (Å²) in [6.45, 7) is -2.89. The van der Waals surface area contributed by atoms with E-state index in [0.29, 0.717) is 0 Å². The number of hydrogen-bond acceptors (Lipinski definition) is 9. The van der Waals surface area contributed by atoms with Gasteiger partial charge in [-0.2, -0.15) is 0 Å².